The van der Waals surface area contributed by atoms with Gasteiger partial charge < -0.3 is 14.2 Å². The summed E-state index contributed by atoms with van der Waals surface area (Å²) >= 11 is 1.50. The van der Waals surface area contributed by atoms with Crippen LogP contribution in [0.4, 0.5) is 5.13 Å². The second-order valence-corrected chi connectivity index (χ2v) is 8.54. The molecule has 0 saturated carbocycles. The van der Waals surface area contributed by atoms with Crippen LogP contribution in [0.15, 0.2) is 45.4 Å². The van der Waals surface area contributed by atoms with E-state index in [1.165, 1.54) is 16.9 Å². The lowest BCUT2D eigenvalue weighted by Gasteiger charge is -2.29. The van der Waals surface area contributed by atoms with Crippen LogP contribution in [0.3, 0.4) is 0 Å². The second kappa shape index (κ2) is 8.00. The molecule has 0 bridgehead atoms. The summed E-state index contributed by atoms with van der Waals surface area (Å²) in [6, 6.07) is 9.68. The number of anilines is 1. The molecule has 0 atom stereocenters. The van der Waals surface area contributed by atoms with Crippen molar-refractivity contribution >= 4 is 32.6 Å². The monoisotopic (exact) mass is 423 g/mol. The minimum absolute atomic E-state index is 0.0397. The Balaban J connectivity index is 1.14. The largest absolute Gasteiger partial charge is 0.459 e. The van der Waals surface area contributed by atoms with Crippen LogP contribution >= 0.6 is 11.3 Å². The Morgan fingerprint density at radius 1 is 1.27 bits per heavy atom. The van der Waals surface area contributed by atoms with E-state index in [1.807, 2.05) is 19.1 Å². The topological polar surface area (TPSA) is 97.3 Å². The maximum absolute atomic E-state index is 12.5. The zero-order valence-corrected chi connectivity index (χ0v) is 17.3. The number of hydrogen-bond donors (Lipinski definition) is 1. The first-order chi connectivity index (χ1) is 14.6. The van der Waals surface area contributed by atoms with Gasteiger partial charge in [0.1, 0.15) is 0 Å². The number of nitrogens with zero attached hydrogens (tertiary/aromatic N) is 4. The molecule has 5 rings (SSSR count). The van der Waals surface area contributed by atoms with Crippen molar-refractivity contribution in [3.63, 3.8) is 0 Å². The van der Waals surface area contributed by atoms with Gasteiger partial charge in [-0.1, -0.05) is 17.4 Å². The highest BCUT2D eigenvalue weighted by Gasteiger charge is 2.26. The summed E-state index contributed by atoms with van der Waals surface area (Å²) in [6.07, 6.45) is 3.32. The van der Waals surface area contributed by atoms with Crippen molar-refractivity contribution < 1.29 is 13.6 Å². The summed E-state index contributed by atoms with van der Waals surface area (Å²) in [5, 5.41) is 11.8. The van der Waals surface area contributed by atoms with Gasteiger partial charge in [0.05, 0.1) is 23.0 Å². The quantitative estimate of drug-likeness (QED) is 0.517. The number of piperidine rings is 1. The summed E-state index contributed by atoms with van der Waals surface area (Å²) in [7, 11) is 0. The first-order valence-electron chi connectivity index (χ1n) is 9.91. The number of aromatic nitrogens is 3. The van der Waals surface area contributed by atoms with E-state index in [0.29, 0.717) is 29.2 Å². The van der Waals surface area contributed by atoms with Gasteiger partial charge >= 0.3 is 0 Å². The predicted octanol–water partition coefficient (Wildman–Crippen LogP) is 4.07. The first kappa shape index (κ1) is 19.0. The van der Waals surface area contributed by atoms with E-state index >= 15 is 0 Å². The van der Waals surface area contributed by atoms with Crippen LogP contribution < -0.4 is 5.32 Å². The highest BCUT2D eigenvalue weighted by Crippen LogP contribution is 2.30. The van der Waals surface area contributed by atoms with Gasteiger partial charge in [0.25, 0.3) is 5.89 Å². The number of benzene rings is 1. The summed E-state index contributed by atoms with van der Waals surface area (Å²) < 4.78 is 12.2. The van der Waals surface area contributed by atoms with Gasteiger partial charge in [-0.2, -0.15) is 0 Å². The number of thiazole rings is 1. The maximum atomic E-state index is 12.5. The summed E-state index contributed by atoms with van der Waals surface area (Å²) in [5.74, 6) is 1.78. The number of nitrogens with one attached hydrogen (secondary N) is 1. The van der Waals surface area contributed by atoms with Crippen molar-refractivity contribution in [1.29, 1.82) is 0 Å². The molecule has 4 heterocycles. The summed E-state index contributed by atoms with van der Waals surface area (Å²) in [4.78, 5) is 19.1. The number of hydrogen-bond acceptors (Lipinski definition) is 8. The molecule has 1 fully saturated rings. The Bertz CT molecular complexity index is 1160. The number of rotatable bonds is 5. The van der Waals surface area contributed by atoms with Crippen molar-refractivity contribution in [2.24, 2.45) is 0 Å². The van der Waals surface area contributed by atoms with Crippen LogP contribution in [-0.2, 0) is 4.79 Å². The Kier molecular flexibility index (Phi) is 5.06. The molecule has 1 amide bonds. The maximum Gasteiger partial charge on any atom is 0.283 e. The molecule has 3 aromatic heterocycles. The van der Waals surface area contributed by atoms with Crippen LogP contribution in [0.25, 0.3) is 21.9 Å². The molecule has 1 aliphatic rings. The molecule has 1 saturated heterocycles. The highest BCUT2D eigenvalue weighted by atomic mass is 32.1. The van der Waals surface area contributed by atoms with Crippen LogP contribution in [-0.4, -0.2) is 45.6 Å². The van der Waals surface area contributed by atoms with Gasteiger partial charge in [-0.05, 0) is 62.7 Å². The van der Waals surface area contributed by atoms with Crippen molar-refractivity contribution in [3.8, 4) is 11.7 Å². The predicted molar refractivity (Wildman–Crippen MR) is 113 cm³/mol. The van der Waals surface area contributed by atoms with Crippen LogP contribution in [0.2, 0.25) is 0 Å². The van der Waals surface area contributed by atoms with E-state index in [0.717, 1.165) is 36.1 Å². The number of carbonyl (C=O) groups is 1. The molecule has 0 unspecified atom stereocenters. The Morgan fingerprint density at radius 2 is 2.13 bits per heavy atom. The summed E-state index contributed by atoms with van der Waals surface area (Å²) in [5.41, 5.74) is 2.10. The molecule has 1 N–H and O–H groups in total. The molecule has 9 heteroatoms. The van der Waals surface area contributed by atoms with Crippen molar-refractivity contribution in [1.82, 2.24) is 20.1 Å². The molecule has 0 radical (unpaired) electrons. The standard InChI is InChI=1S/C21H21N5O3S/c1-13-4-5-15-17(11-13)30-21(22-15)23-18(27)12-26-8-6-14(7-9-26)19-24-25-20(29-19)16-3-2-10-28-16/h2-5,10-11,14H,6-9,12H2,1H3,(H,22,23,27). The lowest BCUT2D eigenvalue weighted by Crippen LogP contribution is -2.38. The van der Waals surface area contributed by atoms with Crippen molar-refractivity contribution in [2.75, 3.05) is 25.0 Å². The molecule has 1 aromatic carbocycles. The van der Waals surface area contributed by atoms with Crippen molar-refractivity contribution in [2.45, 2.75) is 25.7 Å². The van der Waals surface area contributed by atoms with Gasteiger partial charge in [-0.3, -0.25) is 9.69 Å². The normalized spacial score (nSPS) is 15.6. The van der Waals surface area contributed by atoms with Gasteiger partial charge in [0.2, 0.25) is 11.8 Å². The van der Waals surface area contributed by atoms with E-state index in [-0.39, 0.29) is 11.8 Å². The highest BCUT2D eigenvalue weighted by molar-refractivity contribution is 7.22. The molecule has 0 spiro atoms. The van der Waals surface area contributed by atoms with E-state index in [4.69, 9.17) is 8.83 Å². The number of likely N-dealkylation sites (tertiary alicyclic amines) is 1. The van der Waals surface area contributed by atoms with E-state index in [9.17, 15) is 4.79 Å². The van der Waals surface area contributed by atoms with Gasteiger partial charge in [-0.15, -0.1) is 10.2 Å². The average molecular weight is 423 g/mol. The van der Waals surface area contributed by atoms with Crippen LogP contribution in [0, 0.1) is 6.92 Å². The molecule has 4 aromatic rings. The third-order valence-electron chi connectivity index (χ3n) is 5.27. The zero-order valence-electron chi connectivity index (χ0n) is 16.5. The molecule has 1 aliphatic heterocycles. The fraction of sp³-hybridized carbons (Fsp3) is 0.333. The Hall–Kier alpha value is -3.04. The second-order valence-electron chi connectivity index (χ2n) is 7.51. The molecule has 0 aliphatic carbocycles. The van der Waals surface area contributed by atoms with E-state index in [1.54, 1.807) is 18.4 Å². The van der Waals surface area contributed by atoms with Crippen molar-refractivity contribution in [3.05, 3.63) is 48.0 Å². The first-order valence-corrected chi connectivity index (χ1v) is 10.7. The SMILES string of the molecule is Cc1ccc2nc(NC(=O)CN3CCC(c4nnc(-c5ccco5)o4)CC3)sc2c1. The molecular weight excluding hydrogens is 402 g/mol. The minimum atomic E-state index is -0.0397. The summed E-state index contributed by atoms with van der Waals surface area (Å²) in [6.45, 7) is 4.00. The number of fused-ring (bicyclic) bond motifs is 1. The molecule has 8 nitrogen and oxygen atoms in total. The number of amides is 1. The Morgan fingerprint density at radius 3 is 2.93 bits per heavy atom. The minimum Gasteiger partial charge on any atom is -0.459 e. The number of furan rings is 1. The van der Waals surface area contributed by atoms with Gasteiger partial charge in [0, 0.05) is 5.92 Å². The van der Waals surface area contributed by atoms with Crippen LogP contribution in [0.1, 0.15) is 30.2 Å². The van der Waals surface area contributed by atoms with E-state index in [2.05, 4.69) is 31.5 Å². The lowest BCUT2D eigenvalue weighted by atomic mass is 9.97. The number of aryl methyl sites for hydroxylation is 1. The van der Waals surface area contributed by atoms with Gasteiger partial charge in [0.15, 0.2) is 10.9 Å². The van der Waals surface area contributed by atoms with Crippen LogP contribution in [0.5, 0.6) is 0 Å². The fourth-order valence-electron chi connectivity index (χ4n) is 3.68. The third-order valence-corrected chi connectivity index (χ3v) is 6.20. The molecule has 154 valence electrons. The third kappa shape index (κ3) is 3.99. The Labute approximate surface area is 176 Å². The number of carbonyl (C=O) groups excluding carboxylic acids is 1. The fourth-order valence-corrected chi connectivity index (χ4v) is 4.66. The zero-order chi connectivity index (χ0) is 20.5. The lowest BCUT2D eigenvalue weighted by molar-refractivity contribution is -0.117. The molecular formula is C21H21N5O3S. The van der Waals surface area contributed by atoms with E-state index < -0.39 is 0 Å². The average Bonchev–Trinajstić information content (AvgIpc) is 3.48. The van der Waals surface area contributed by atoms with Gasteiger partial charge in [-0.25, -0.2) is 4.98 Å². The smallest absolute Gasteiger partial charge is 0.283 e. The molecule has 30 heavy (non-hydrogen) atoms.